The molecule has 1 aliphatic carbocycles. The van der Waals surface area contributed by atoms with Gasteiger partial charge in [0.05, 0.1) is 11.4 Å². The van der Waals surface area contributed by atoms with Gasteiger partial charge in [-0.2, -0.15) is 0 Å². The molecule has 0 radical (unpaired) electrons. The number of para-hydroxylation sites is 2. The standard InChI is InChI=1S/C13H20N2/c1-10(2)9-15(11-7-8-11)13-6-4-3-5-12(13)14/h3-6,10-11H,7-9,14H2,1-2H3. The molecule has 15 heavy (non-hydrogen) atoms. The maximum absolute atomic E-state index is 6.02. The van der Waals surface area contributed by atoms with Crippen LogP contribution in [0.1, 0.15) is 26.7 Å². The van der Waals surface area contributed by atoms with Gasteiger partial charge < -0.3 is 10.6 Å². The second-order valence-electron chi connectivity index (χ2n) is 4.84. The minimum Gasteiger partial charge on any atom is -0.397 e. The zero-order valence-corrected chi connectivity index (χ0v) is 9.61. The molecule has 1 aromatic rings. The molecule has 1 aromatic carbocycles. The SMILES string of the molecule is CC(C)CN(c1ccccc1N)C1CC1. The second-order valence-corrected chi connectivity index (χ2v) is 4.84. The van der Waals surface area contributed by atoms with Crippen molar-refractivity contribution in [3.8, 4) is 0 Å². The lowest BCUT2D eigenvalue weighted by Crippen LogP contribution is -2.30. The second kappa shape index (κ2) is 4.13. The molecule has 0 aromatic heterocycles. The molecule has 2 N–H and O–H groups in total. The predicted molar refractivity (Wildman–Crippen MR) is 66.1 cm³/mol. The summed E-state index contributed by atoms with van der Waals surface area (Å²) in [5.41, 5.74) is 8.14. The first-order valence-corrected chi connectivity index (χ1v) is 5.79. The van der Waals surface area contributed by atoms with Crippen molar-refractivity contribution < 1.29 is 0 Å². The van der Waals surface area contributed by atoms with Gasteiger partial charge in [0.1, 0.15) is 0 Å². The van der Waals surface area contributed by atoms with E-state index in [1.807, 2.05) is 12.1 Å². The van der Waals surface area contributed by atoms with Gasteiger partial charge in [-0.25, -0.2) is 0 Å². The molecule has 0 aliphatic heterocycles. The highest BCUT2D eigenvalue weighted by molar-refractivity contribution is 5.68. The van der Waals surface area contributed by atoms with Gasteiger partial charge in [-0.15, -0.1) is 0 Å². The lowest BCUT2D eigenvalue weighted by atomic mass is 10.1. The van der Waals surface area contributed by atoms with Gasteiger partial charge in [-0.3, -0.25) is 0 Å². The Bertz CT molecular complexity index is 329. The van der Waals surface area contributed by atoms with Gasteiger partial charge in [-0.1, -0.05) is 26.0 Å². The summed E-state index contributed by atoms with van der Waals surface area (Å²) in [5.74, 6) is 0.685. The Labute approximate surface area is 92.1 Å². The van der Waals surface area contributed by atoms with E-state index in [9.17, 15) is 0 Å². The Morgan fingerprint density at radius 1 is 1.33 bits per heavy atom. The average Bonchev–Trinajstić information content (AvgIpc) is 2.98. The molecule has 0 atom stereocenters. The average molecular weight is 204 g/mol. The number of anilines is 2. The van der Waals surface area contributed by atoms with Gasteiger partial charge in [0, 0.05) is 12.6 Å². The Morgan fingerprint density at radius 3 is 2.53 bits per heavy atom. The number of nitrogens with zero attached hydrogens (tertiary/aromatic N) is 1. The third-order valence-corrected chi connectivity index (χ3v) is 2.80. The van der Waals surface area contributed by atoms with Crippen molar-refractivity contribution in [2.45, 2.75) is 32.7 Å². The van der Waals surface area contributed by atoms with Crippen LogP contribution in [0, 0.1) is 5.92 Å². The Morgan fingerprint density at radius 2 is 2.00 bits per heavy atom. The van der Waals surface area contributed by atoms with E-state index in [0.29, 0.717) is 5.92 Å². The fraction of sp³-hybridized carbons (Fsp3) is 0.538. The highest BCUT2D eigenvalue weighted by atomic mass is 15.2. The van der Waals surface area contributed by atoms with Crippen molar-refractivity contribution in [1.82, 2.24) is 0 Å². The number of nitrogens with two attached hydrogens (primary N) is 1. The summed E-state index contributed by atoms with van der Waals surface area (Å²) in [4.78, 5) is 2.47. The molecule has 1 fully saturated rings. The van der Waals surface area contributed by atoms with Crippen LogP contribution in [0.2, 0.25) is 0 Å². The van der Waals surface area contributed by atoms with Crippen LogP contribution in [0.25, 0.3) is 0 Å². The van der Waals surface area contributed by atoms with E-state index in [1.54, 1.807) is 0 Å². The van der Waals surface area contributed by atoms with Crippen LogP contribution in [-0.4, -0.2) is 12.6 Å². The van der Waals surface area contributed by atoms with Crippen LogP contribution < -0.4 is 10.6 Å². The molecule has 0 amide bonds. The van der Waals surface area contributed by atoms with Crippen molar-refractivity contribution in [3.05, 3.63) is 24.3 Å². The van der Waals surface area contributed by atoms with Crippen LogP contribution in [0.3, 0.4) is 0 Å². The lowest BCUT2D eigenvalue weighted by molar-refractivity contribution is 0.608. The third kappa shape index (κ3) is 2.44. The highest BCUT2D eigenvalue weighted by Crippen LogP contribution is 2.35. The van der Waals surface area contributed by atoms with E-state index in [0.717, 1.165) is 18.3 Å². The van der Waals surface area contributed by atoms with Crippen molar-refractivity contribution in [3.63, 3.8) is 0 Å². The van der Waals surface area contributed by atoms with Crippen molar-refractivity contribution in [2.75, 3.05) is 17.2 Å². The molecule has 0 bridgehead atoms. The maximum atomic E-state index is 6.02. The predicted octanol–water partition coefficient (Wildman–Crippen LogP) is 2.89. The molecule has 1 aliphatic rings. The molecule has 1 saturated carbocycles. The van der Waals surface area contributed by atoms with Crippen LogP contribution in [0.15, 0.2) is 24.3 Å². The summed E-state index contributed by atoms with van der Waals surface area (Å²) < 4.78 is 0. The Kier molecular flexibility index (Phi) is 2.85. The first-order chi connectivity index (χ1) is 7.18. The normalized spacial score (nSPS) is 15.7. The van der Waals surface area contributed by atoms with Crippen LogP contribution >= 0.6 is 0 Å². The van der Waals surface area contributed by atoms with E-state index in [1.165, 1.54) is 18.5 Å². The largest absolute Gasteiger partial charge is 0.397 e. The molecule has 0 spiro atoms. The number of hydrogen-bond donors (Lipinski definition) is 1. The number of hydrogen-bond acceptors (Lipinski definition) is 2. The van der Waals surface area contributed by atoms with Gasteiger partial charge in [0.15, 0.2) is 0 Å². The molecular weight excluding hydrogens is 184 g/mol. The quantitative estimate of drug-likeness (QED) is 0.764. The van der Waals surface area contributed by atoms with Crippen molar-refractivity contribution in [2.24, 2.45) is 5.92 Å². The topological polar surface area (TPSA) is 29.3 Å². The monoisotopic (exact) mass is 204 g/mol. The van der Waals surface area contributed by atoms with Crippen molar-refractivity contribution in [1.29, 1.82) is 0 Å². The molecular formula is C13H20N2. The summed E-state index contributed by atoms with van der Waals surface area (Å²) in [7, 11) is 0. The molecule has 0 saturated heterocycles. The van der Waals surface area contributed by atoms with E-state index >= 15 is 0 Å². The summed E-state index contributed by atoms with van der Waals surface area (Å²) >= 11 is 0. The Balaban J connectivity index is 2.20. The molecule has 0 heterocycles. The van der Waals surface area contributed by atoms with Gasteiger partial charge in [-0.05, 0) is 30.9 Å². The van der Waals surface area contributed by atoms with E-state index in [2.05, 4.69) is 30.9 Å². The van der Waals surface area contributed by atoms with E-state index in [4.69, 9.17) is 5.73 Å². The fourth-order valence-electron chi connectivity index (χ4n) is 1.97. The maximum Gasteiger partial charge on any atom is 0.0602 e. The highest BCUT2D eigenvalue weighted by Gasteiger charge is 2.30. The zero-order valence-electron chi connectivity index (χ0n) is 9.61. The number of rotatable bonds is 4. The molecule has 2 heteroatoms. The molecule has 2 nitrogen and oxygen atoms in total. The van der Waals surface area contributed by atoms with Crippen LogP contribution in [-0.2, 0) is 0 Å². The van der Waals surface area contributed by atoms with Crippen molar-refractivity contribution >= 4 is 11.4 Å². The minimum atomic E-state index is 0.685. The summed E-state index contributed by atoms with van der Waals surface area (Å²) in [6.45, 7) is 5.63. The fourth-order valence-corrected chi connectivity index (χ4v) is 1.97. The number of benzene rings is 1. The summed E-state index contributed by atoms with van der Waals surface area (Å²) in [6.07, 6.45) is 2.64. The number of nitrogen functional groups attached to an aromatic ring is 1. The van der Waals surface area contributed by atoms with Gasteiger partial charge in [0.25, 0.3) is 0 Å². The summed E-state index contributed by atoms with van der Waals surface area (Å²) in [6, 6.07) is 8.93. The first-order valence-electron chi connectivity index (χ1n) is 5.79. The lowest BCUT2D eigenvalue weighted by Gasteiger charge is -2.27. The third-order valence-electron chi connectivity index (χ3n) is 2.80. The van der Waals surface area contributed by atoms with Gasteiger partial charge in [0.2, 0.25) is 0 Å². The van der Waals surface area contributed by atoms with E-state index < -0.39 is 0 Å². The van der Waals surface area contributed by atoms with Crippen LogP contribution in [0.4, 0.5) is 11.4 Å². The summed E-state index contributed by atoms with van der Waals surface area (Å²) in [5, 5.41) is 0. The smallest absolute Gasteiger partial charge is 0.0602 e. The molecule has 2 rings (SSSR count). The molecule has 82 valence electrons. The Hall–Kier alpha value is -1.18. The minimum absolute atomic E-state index is 0.685. The van der Waals surface area contributed by atoms with Gasteiger partial charge >= 0.3 is 0 Å². The van der Waals surface area contributed by atoms with Crippen LogP contribution in [0.5, 0.6) is 0 Å². The first kappa shape index (κ1) is 10.3. The zero-order chi connectivity index (χ0) is 10.8. The van der Waals surface area contributed by atoms with E-state index in [-0.39, 0.29) is 0 Å². The molecule has 0 unspecified atom stereocenters.